The number of hydrogen-bond donors (Lipinski definition) is 4. The standard InChI is InChI=1S/C12H12F3N3O3/c13-5-1-2-6(10(15)9(5)14)17-18-12(21)8-7(19)3-4-16-11(8)20/h1-2,7-8,17,19H,3-4H2,(H,16,20)(H,18,21). The Morgan fingerprint density at radius 3 is 2.67 bits per heavy atom. The van der Waals surface area contributed by atoms with Crippen molar-refractivity contribution in [3.63, 3.8) is 0 Å². The first kappa shape index (κ1) is 15.1. The van der Waals surface area contributed by atoms with Crippen molar-refractivity contribution in [2.75, 3.05) is 12.0 Å². The molecule has 0 bridgehead atoms. The van der Waals surface area contributed by atoms with E-state index in [0.717, 1.165) is 6.07 Å². The molecule has 1 saturated heterocycles. The SMILES string of the molecule is O=C1NCCC(O)C1C(=O)NNc1ccc(F)c(F)c1F. The van der Waals surface area contributed by atoms with Crippen LogP contribution in [0, 0.1) is 23.4 Å². The molecule has 0 radical (unpaired) electrons. The van der Waals surface area contributed by atoms with E-state index >= 15 is 0 Å². The molecule has 4 N–H and O–H groups in total. The van der Waals surface area contributed by atoms with E-state index in [2.05, 4.69) is 5.32 Å². The zero-order chi connectivity index (χ0) is 15.6. The van der Waals surface area contributed by atoms with Crippen LogP contribution in [0.4, 0.5) is 18.9 Å². The van der Waals surface area contributed by atoms with Crippen molar-refractivity contribution >= 4 is 17.5 Å². The number of aliphatic hydroxyl groups excluding tert-OH is 1. The van der Waals surface area contributed by atoms with Gasteiger partial charge in [-0.3, -0.25) is 20.4 Å². The van der Waals surface area contributed by atoms with Gasteiger partial charge in [-0.2, -0.15) is 0 Å². The third kappa shape index (κ3) is 3.07. The molecule has 2 atom stereocenters. The number of hydrogen-bond acceptors (Lipinski definition) is 4. The fraction of sp³-hybridized carbons (Fsp3) is 0.333. The Labute approximate surface area is 117 Å². The van der Waals surface area contributed by atoms with Crippen LogP contribution < -0.4 is 16.2 Å². The average Bonchev–Trinajstić information content (AvgIpc) is 2.44. The lowest BCUT2D eigenvalue weighted by molar-refractivity contribution is -0.142. The second kappa shape index (κ2) is 6.00. The molecule has 1 fully saturated rings. The summed E-state index contributed by atoms with van der Waals surface area (Å²) in [5.74, 6) is -7.51. The van der Waals surface area contributed by atoms with Gasteiger partial charge < -0.3 is 10.4 Å². The molecular weight excluding hydrogens is 291 g/mol. The molecule has 21 heavy (non-hydrogen) atoms. The lowest BCUT2D eigenvalue weighted by atomic mass is 9.95. The summed E-state index contributed by atoms with van der Waals surface area (Å²) in [5.41, 5.74) is 3.52. The van der Waals surface area contributed by atoms with Gasteiger partial charge in [-0.15, -0.1) is 0 Å². The molecule has 0 aliphatic carbocycles. The Morgan fingerprint density at radius 2 is 2.00 bits per heavy atom. The highest BCUT2D eigenvalue weighted by atomic mass is 19.2. The number of nitrogens with one attached hydrogen (secondary N) is 3. The van der Waals surface area contributed by atoms with Crippen LogP contribution in [0.5, 0.6) is 0 Å². The Hall–Kier alpha value is -2.29. The van der Waals surface area contributed by atoms with Gasteiger partial charge in [-0.25, -0.2) is 13.2 Å². The minimum atomic E-state index is -1.69. The van der Waals surface area contributed by atoms with Crippen LogP contribution >= 0.6 is 0 Å². The van der Waals surface area contributed by atoms with Crippen LogP contribution in [0.15, 0.2) is 12.1 Å². The van der Waals surface area contributed by atoms with Gasteiger partial charge in [0, 0.05) is 6.54 Å². The third-order valence-electron chi connectivity index (χ3n) is 3.04. The molecule has 1 aliphatic rings. The summed E-state index contributed by atoms with van der Waals surface area (Å²) in [6.07, 6.45) is -0.973. The Balaban J connectivity index is 2.04. The van der Waals surface area contributed by atoms with Crippen molar-refractivity contribution < 1.29 is 27.9 Å². The predicted molar refractivity (Wildman–Crippen MR) is 65.2 cm³/mol. The maximum absolute atomic E-state index is 13.4. The second-order valence-corrected chi connectivity index (χ2v) is 4.46. The molecule has 0 aromatic heterocycles. The Bertz CT molecular complexity index is 582. The van der Waals surface area contributed by atoms with Crippen LogP contribution in [0.3, 0.4) is 0 Å². The van der Waals surface area contributed by atoms with E-state index in [4.69, 9.17) is 0 Å². The molecule has 0 saturated carbocycles. The molecular formula is C12H12F3N3O3. The number of benzene rings is 1. The van der Waals surface area contributed by atoms with E-state index in [9.17, 15) is 27.9 Å². The summed E-state index contributed by atoms with van der Waals surface area (Å²) in [5, 5.41) is 12.0. The molecule has 1 aromatic rings. The summed E-state index contributed by atoms with van der Waals surface area (Å²) in [4.78, 5) is 23.3. The minimum Gasteiger partial charge on any atom is -0.392 e. The van der Waals surface area contributed by atoms with E-state index in [0.29, 0.717) is 6.07 Å². The van der Waals surface area contributed by atoms with Gasteiger partial charge in [0.1, 0.15) is 5.92 Å². The van der Waals surface area contributed by atoms with Gasteiger partial charge in [0.2, 0.25) is 5.91 Å². The number of halogens is 3. The average molecular weight is 303 g/mol. The molecule has 1 aliphatic heterocycles. The van der Waals surface area contributed by atoms with E-state index < -0.39 is 47.0 Å². The first-order chi connectivity index (χ1) is 9.91. The lowest BCUT2D eigenvalue weighted by Gasteiger charge is -2.26. The maximum Gasteiger partial charge on any atom is 0.253 e. The zero-order valence-electron chi connectivity index (χ0n) is 10.6. The number of amides is 2. The topological polar surface area (TPSA) is 90.5 Å². The first-order valence-electron chi connectivity index (χ1n) is 6.07. The number of carbonyl (C=O) groups is 2. The van der Waals surface area contributed by atoms with Crippen molar-refractivity contribution in [1.29, 1.82) is 0 Å². The zero-order valence-corrected chi connectivity index (χ0v) is 10.6. The normalized spacial score (nSPS) is 21.6. The molecule has 1 aromatic carbocycles. The van der Waals surface area contributed by atoms with Crippen LogP contribution in [-0.2, 0) is 9.59 Å². The van der Waals surface area contributed by atoms with Gasteiger partial charge in [-0.1, -0.05) is 0 Å². The van der Waals surface area contributed by atoms with Crippen molar-refractivity contribution in [2.24, 2.45) is 5.92 Å². The highest BCUT2D eigenvalue weighted by Gasteiger charge is 2.36. The first-order valence-corrected chi connectivity index (χ1v) is 6.07. The number of aliphatic hydroxyl groups is 1. The highest BCUT2D eigenvalue weighted by Crippen LogP contribution is 2.19. The number of rotatable bonds is 3. The quantitative estimate of drug-likeness (QED) is 0.361. The fourth-order valence-electron chi connectivity index (χ4n) is 1.92. The maximum atomic E-state index is 13.4. The number of hydrazine groups is 1. The summed E-state index contributed by atoms with van der Waals surface area (Å²) in [6, 6.07) is 1.56. The lowest BCUT2D eigenvalue weighted by Crippen LogP contribution is -2.53. The smallest absolute Gasteiger partial charge is 0.253 e. The van der Waals surface area contributed by atoms with E-state index in [-0.39, 0.29) is 13.0 Å². The molecule has 114 valence electrons. The summed E-state index contributed by atoms with van der Waals surface area (Å²) < 4.78 is 39.1. The third-order valence-corrected chi connectivity index (χ3v) is 3.04. The van der Waals surface area contributed by atoms with Crippen LogP contribution in [0.2, 0.25) is 0 Å². The second-order valence-electron chi connectivity index (χ2n) is 4.46. The van der Waals surface area contributed by atoms with Gasteiger partial charge in [0.25, 0.3) is 5.91 Å². The van der Waals surface area contributed by atoms with Crippen molar-refractivity contribution in [2.45, 2.75) is 12.5 Å². The Kier molecular flexibility index (Phi) is 4.32. The van der Waals surface area contributed by atoms with Gasteiger partial charge in [-0.05, 0) is 18.6 Å². The van der Waals surface area contributed by atoms with Crippen molar-refractivity contribution in [3.05, 3.63) is 29.6 Å². The summed E-state index contributed by atoms with van der Waals surface area (Å²) >= 11 is 0. The fourth-order valence-corrected chi connectivity index (χ4v) is 1.92. The van der Waals surface area contributed by atoms with Crippen LogP contribution in [-0.4, -0.2) is 29.6 Å². The number of piperidine rings is 1. The number of carbonyl (C=O) groups excluding carboxylic acids is 2. The van der Waals surface area contributed by atoms with Crippen LogP contribution in [0.25, 0.3) is 0 Å². The highest BCUT2D eigenvalue weighted by molar-refractivity contribution is 6.01. The number of anilines is 1. The van der Waals surface area contributed by atoms with Crippen molar-refractivity contribution in [1.82, 2.24) is 10.7 Å². The monoisotopic (exact) mass is 303 g/mol. The molecule has 0 spiro atoms. The Morgan fingerprint density at radius 1 is 1.29 bits per heavy atom. The molecule has 1 heterocycles. The summed E-state index contributed by atoms with van der Waals surface area (Å²) in [7, 11) is 0. The molecule has 2 rings (SSSR count). The van der Waals surface area contributed by atoms with E-state index in [1.165, 1.54) is 0 Å². The van der Waals surface area contributed by atoms with Crippen molar-refractivity contribution in [3.8, 4) is 0 Å². The van der Waals surface area contributed by atoms with Crippen LogP contribution in [0.1, 0.15) is 6.42 Å². The molecule has 9 heteroatoms. The largest absolute Gasteiger partial charge is 0.392 e. The molecule has 2 amide bonds. The minimum absolute atomic E-state index is 0.198. The van der Waals surface area contributed by atoms with E-state index in [1.807, 2.05) is 10.9 Å². The summed E-state index contributed by atoms with van der Waals surface area (Å²) in [6.45, 7) is 0.245. The molecule has 2 unspecified atom stereocenters. The van der Waals surface area contributed by atoms with Gasteiger partial charge in [0.15, 0.2) is 17.5 Å². The van der Waals surface area contributed by atoms with E-state index in [1.54, 1.807) is 0 Å². The predicted octanol–water partition coefficient (Wildman–Crippen LogP) is 0.0440. The van der Waals surface area contributed by atoms with Gasteiger partial charge in [0.05, 0.1) is 11.8 Å². The molecule has 6 nitrogen and oxygen atoms in total. The van der Waals surface area contributed by atoms with Gasteiger partial charge >= 0.3 is 0 Å².